The highest BCUT2D eigenvalue weighted by atomic mass is 16.5. The average molecular weight is 245 g/mol. The minimum Gasteiger partial charge on any atom is -0.478 e. The van der Waals surface area contributed by atoms with Crippen LogP contribution in [0.2, 0.25) is 0 Å². The van der Waals surface area contributed by atoms with E-state index in [1.54, 1.807) is 6.07 Å². The van der Waals surface area contributed by atoms with E-state index in [-0.39, 0.29) is 0 Å². The van der Waals surface area contributed by atoms with Crippen molar-refractivity contribution in [2.45, 2.75) is 6.42 Å². The van der Waals surface area contributed by atoms with Gasteiger partial charge in [-0.25, -0.2) is 4.98 Å². The SMILES string of the molecule is NCCCOc1cc(C(N)=O)c2ccccc2n1. The second-order valence-electron chi connectivity index (χ2n) is 3.88. The van der Waals surface area contributed by atoms with Gasteiger partial charge in [0, 0.05) is 11.5 Å². The number of carbonyl (C=O) groups is 1. The normalized spacial score (nSPS) is 10.5. The topological polar surface area (TPSA) is 91.2 Å². The van der Waals surface area contributed by atoms with Gasteiger partial charge in [-0.1, -0.05) is 18.2 Å². The maximum atomic E-state index is 11.4. The van der Waals surface area contributed by atoms with Crippen LogP contribution in [0.15, 0.2) is 30.3 Å². The number of aromatic nitrogens is 1. The van der Waals surface area contributed by atoms with Crippen LogP contribution in [0.5, 0.6) is 5.88 Å². The maximum Gasteiger partial charge on any atom is 0.249 e. The molecule has 0 spiro atoms. The first kappa shape index (κ1) is 12.3. The lowest BCUT2D eigenvalue weighted by Crippen LogP contribution is -2.13. The number of nitrogens with zero attached hydrogens (tertiary/aromatic N) is 1. The molecule has 1 aromatic heterocycles. The molecule has 2 aromatic rings. The number of hydrogen-bond donors (Lipinski definition) is 2. The van der Waals surface area contributed by atoms with Gasteiger partial charge in [-0.15, -0.1) is 0 Å². The van der Waals surface area contributed by atoms with Crippen molar-refractivity contribution in [3.8, 4) is 5.88 Å². The summed E-state index contributed by atoms with van der Waals surface area (Å²) in [4.78, 5) is 15.7. The van der Waals surface area contributed by atoms with Crippen LogP contribution in [0.4, 0.5) is 0 Å². The lowest BCUT2D eigenvalue weighted by molar-refractivity contribution is 0.100. The summed E-state index contributed by atoms with van der Waals surface area (Å²) in [6, 6.07) is 8.89. The van der Waals surface area contributed by atoms with Gasteiger partial charge in [0.2, 0.25) is 11.8 Å². The quantitative estimate of drug-likeness (QED) is 0.770. The third kappa shape index (κ3) is 2.57. The molecular formula is C13H15N3O2. The van der Waals surface area contributed by atoms with Crippen molar-refractivity contribution >= 4 is 16.8 Å². The molecule has 18 heavy (non-hydrogen) atoms. The molecule has 0 aliphatic carbocycles. The fourth-order valence-corrected chi connectivity index (χ4v) is 1.69. The number of para-hydroxylation sites is 1. The van der Waals surface area contributed by atoms with E-state index < -0.39 is 5.91 Å². The van der Waals surface area contributed by atoms with Crippen molar-refractivity contribution in [3.63, 3.8) is 0 Å². The largest absolute Gasteiger partial charge is 0.478 e. The predicted octanol–water partition coefficient (Wildman–Crippen LogP) is 1.06. The van der Waals surface area contributed by atoms with Crippen LogP contribution in [0.3, 0.4) is 0 Å². The molecule has 0 radical (unpaired) electrons. The van der Waals surface area contributed by atoms with Gasteiger partial charge in [-0.3, -0.25) is 4.79 Å². The van der Waals surface area contributed by atoms with Crippen molar-refractivity contribution in [3.05, 3.63) is 35.9 Å². The summed E-state index contributed by atoms with van der Waals surface area (Å²) in [7, 11) is 0. The van der Waals surface area contributed by atoms with Gasteiger partial charge in [0.15, 0.2) is 0 Å². The summed E-state index contributed by atoms with van der Waals surface area (Å²) in [6.07, 6.45) is 0.737. The first-order chi connectivity index (χ1) is 8.72. The first-order valence-electron chi connectivity index (χ1n) is 5.75. The van der Waals surface area contributed by atoms with Crippen LogP contribution in [-0.2, 0) is 0 Å². The summed E-state index contributed by atoms with van der Waals surface area (Å²) in [5.41, 5.74) is 11.9. The van der Waals surface area contributed by atoms with Crippen molar-refractivity contribution in [2.24, 2.45) is 11.5 Å². The molecule has 4 N–H and O–H groups in total. The van der Waals surface area contributed by atoms with E-state index in [9.17, 15) is 4.79 Å². The number of rotatable bonds is 5. The molecule has 0 atom stereocenters. The highest BCUT2D eigenvalue weighted by Gasteiger charge is 2.10. The number of nitrogens with two attached hydrogens (primary N) is 2. The average Bonchev–Trinajstić information content (AvgIpc) is 2.38. The Morgan fingerprint density at radius 3 is 2.83 bits per heavy atom. The van der Waals surface area contributed by atoms with Crippen LogP contribution in [-0.4, -0.2) is 24.0 Å². The van der Waals surface area contributed by atoms with Gasteiger partial charge in [0.25, 0.3) is 0 Å². The highest BCUT2D eigenvalue weighted by Crippen LogP contribution is 2.21. The molecule has 0 aliphatic rings. The van der Waals surface area contributed by atoms with Crippen LogP contribution < -0.4 is 16.2 Å². The summed E-state index contributed by atoms with van der Waals surface area (Å²) in [5, 5.41) is 0.733. The standard InChI is InChI=1S/C13H15N3O2/c14-6-3-7-18-12-8-10(13(15)17)9-4-1-2-5-11(9)16-12/h1-2,4-5,8H,3,6-7,14H2,(H2,15,17). The van der Waals surface area contributed by atoms with Gasteiger partial charge >= 0.3 is 0 Å². The summed E-state index contributed by atoms with van der Waals surface area (Å²) in [6.45, 7) is 1.02. The highest BCUT2D eigenvalue weighted by molar-refractivity contribution is 6.05. The number of fused-ring (bicyclic) bond motifs is 1. The fraction of sp³-hybridized carbons (Fsp3) is 0.231. The Labute approximate surface area is 105 Å². The third-order valence-electron chi connectivity index (χ3n) is 2.56. The molecule has 0 aliphatic heterocycles. The predicted molar refractivity (Wildman–Crippen MR) is 69.4 cm³/mol. The molecule has 5 heteroatoms. The van der Waals surface area contributed by atoms with Crippen molar-refractivity contribution in [1.82, 2.24) is 4.98 Å². The number of benzene rings is 1. The van der Waals surface area contributed by atoms with Crippen LogP contribution in [0.1, 0.15) is 16.8 Å². The van der Waals surface area contributed by atoms with Gasteiger partial charge in [0.05, 0.1) is 17.7 Å². The number of hydrogen-bond acceptors (Lipinski definition) is 4. The second-order valence-corrected chi connectivity index (χ2v) is 3.88. The Bertz CT molecular complexity index is 569. The van der Waals surface area contributed by atoms with E-state index in [1.165, 1.54) is 0 Å². The summed E-state index contributed by atoms with van der Waals surface area (Å²) in [5.74, 6) is -0.0896. The molecule has 0 bridgehead atoms. The Hall–Kier alpha value is -2.14. The Kier molecular flexibility index (Phi) is 3.74. The zero-order valence-corrected chi connectivity index (χ0v) is 9.93. The number of carbonyl (C=O) groups excluding carboxylic acids is 1. The van der Waals surface area contributed by atoms with Gasteiger partial charge in [-0.05, 0) is 19.0 Å². The van der Waals surface area contributed by atoms with Gasteiger partial charge in [-0.2, -0.15) is 0 Å². The van der Waals surface area contributed by atoms with E-state index in [0.717, 1.165) is 11.8 Å². The molecule has 0 unspecified atom stereocenters. The van der Waals surface area contributed by atoms with E-state index in [4.69, 9.17) is 16.2 Å². The molecule has 5 nitrogen and oxygen atoms in total. The number of amides is 1. The molecule has 0 saturated carbocycles. The van der Waals surface area contributed by atoms with E-state index >= 15 is 0 Å². The minimum absolute atomic E-state index is 0.399. The smallest absolute Gasteiger partial charge is 0.249 e. The number of ether oxygens (including phenoxy) is 1. The second kappa shape index (κ2) is 5.46. The molecule has 94 valence electrons. The Morgan fingerprint density at radius 1 is 1.33 bits per heavy atom. The zero-order chi connectivity index (χ0) is 13.0. The van der Waals surface area contributed by atoms with Gasteiger partial charge < -0.3 is 16.2 Å². The van der Waals surface area contributed by atoms with Crippen molar-refractivity contribution in [1.29, 1.82) is 0 Å². The first-order valence-corrected chi connectivity index (χ1v) is 5.75. The van der Waals surface area contributed by atoms with Gasteiger partial charge in [0.1, 0.15) is 0 Å². The van der Waals surface area contributed by atoms with Crippen molar-refractivity contribution in [2.75, 3.05) is 13.2 Å². The molecular weight excluding hydrogens is 230 g/mol. The molecule has 1 amide bonds. The van der Waals surface area contributed by atoms with E-state index in [2.05, 4.69) is 4.98 Å². The number of primary amides is 1. The molecule has 0 fully saturated rings. The zero-order valence-electron chi connectivity index (χ0n) is 9.93. The van der Waals surface area contributed by atoms with Crippen LogP contribution in [0.25, 0.3) is 10.9 Å². The molecule has 1 aromatic carbocycles. The molecule has 2 rings (SSSR count). The molecule has 0 saturated heterocycles. The van der Waals surface area contributed by atoms with Crippen molar-refractivity contribution < 1.29 is 9.53 Å². The maximum absolute atomic E-state index is 11.4. The Morgan fingerprint density at radius 2 is 2.11 bits per heavy atom. The minimum atomic E-state index is -0.489. The summed E-state index contributed by atoms with van der Waals surface area (Å²) < 4.78 is 5.45. The van der Waals surface area contributed by atoms with E-state index in [1.807, 2.05) is 24.3 Å². The van der Waals surface area contributed by atoms with E-state index in [0.29, 0.717) is 30.1 Å². The van der Waals surface area contributed by atoms with Crippen LogP contribution >= 0.6 is 0 Å². The third-order valence-corrected chi connectivity index (χ3v) is 2.56. The number of pyridine rings is 1. The fourth-order valence-electron chi connectivity index (χ4n) is 1.69. The monoisotopic (exact) mass is 245 g/mol. The summed E-state index contributed by atoms with van der Waals surface area (Å²) >= 11 is 0. The van der Waals surface area contributed by atoms with Crippen LogP contribution in [0, 0.1) is 0 Å². The lowest BCUT2D eigenvalue weighted by Gasteiger charge is -2.08. The lowest BCUT2D eigenvalue weighted by atomic mass is 10.1. The Balaban J connectivity index is 2.41. The molecule has 1 heterocycles.